The van der Waals surface area contributed by atoms with Crippen molar-refractivity contribution in [3.63, 3.8) is 0 Å². The van der Waals surface area contributed by atoms with Crippen molar-refractivity contribution in [1.29, 1.82) is 0 Å². The zero-order valence-corrected chi connectivity index (χ0v) is 57.0. The number of hydrogen-bond donors (Lipinski definition) is 3. The third kappa shape index (κ3) is 68.3. The maximum atomic E-state index is 13.1. The molecule has 3 unspecified atom stereocenters. The average molecular weight is 1200 g/mol. The van der Waals surface area contributed by atoms with Crippen LogP contribution < -0.4 is 5.32 Å². The third-order valence-electron chi connectivity index (χ3n) is 15.4. The number of unbranched alkanes of at least 4 members (excludes halogenated alkanes) is 33. The number of quaternary nitrogens is 1. The summed E-state index contributed by atoms with van der Waals surface area (Å²) in [7, 11) is 1.55. The molecule has 0 saturated heterocycles. The van der Waals surface area contributed by atoms with Gasteiger partial charge in [-0.3, -0.25) is 13.8 Å². The first kappa shape index (κ1) is 81.9. The van der Waals surface area contributed by atoms with Crippen LogP contribution in [-0.4, -0.2) is 73.4 Å². The average Bonchev–Trinajstić information content (AvgIpc) is 3.49. The Labute approximate surface area is 526 Å². The second kappa shape index (κ2) is 65.3. The molecule has 490 valence electrons. The Morgan fingerprint density at radius 2 is 0.718 bits per heavy atom. The monoisotopic (exact) mass is 1200 g/mol. The van der Waals surface area contributed by atoms with Gasteiger partial charge in [0.05, 0.1) is 39.9 Å². The first-order valence-corrected chi connectivity index (χ1v) is 36.9. The van der Waals surface area contributed by atoms with Crippen molar-refractivity contribution in [2.45, 2.75) is 315 Å². The highest BCUT2D eigenvalue weighted by Gasteiger charge is 2.28. The largest absolute Gasteiger partial charge is 0.472 e. The molecule has 0 aromatic rings. The van der Waals surface area contributed by atoms with Gasteiger partial charge in [-0.25, -0.2) is 4.57 Å². The molecule has 3 atom stereocenters. The van der Waals surface area contributed by atoms with E-state index in [-0.39, 0.29) is 19.1 Å². The van der Waals surface area contributed by atoms with E-state index >= 15 is 0 Å². The van der Waals surface area contributed by atoms with Gasteiger partial charge < -0.3 is 19.8 Å². The van der Waals surface area contributed by atoms with Gasteiger partial charge in [-0.15, -0.1) is 0 Å². The number of amides is 1. The quantitative estimate of drug-likeness (QED) is 0.0243. The summed E-state index contributed by atoms with van der Waals surface area (Å²) in [6, 6.07) is -0.874. The molecule has 0 rings (SSSR count). The minimum absolute atomic E-state index is 0.0513. The van der Waals surface area contributed by atoms with Crippen LogP contribution in [0, 0.1) is 0 Å². The Kier molecular flexibility index (Phi) is 63.0. The molecule has 0 aromatic heterocycles. The van der Waals surface area contributed by atoms with Crippen LogP contribution in [0.2, 0.25) is 0 Å². The Morgan fingerprint density at radius 3 is 1.08 bits per heavy atom. The first-order valence-electron chi connectivity index (χ1n) is 35.4. The van der Waals surface area contributed by atoms with Crippen molar-refractivity contribution in [3.8, 4) is 0 Å². The summed E-state index contributed by atoms with van der Waals surface area (Å²) in [6.07, 6.45) is 97.7. The van der Waals surface area contributed by atoms with Crippen molar-refractivity contribution in [1.82, 2.24) is 5.32 Å². The molecular weight excluding hydrogens is 1070 g/mol. The molecule has 8 nitrogen and oxygen atoms in total. The number of hydrogen-bond acceptors (Lipinski definition) is 5. The minimum Gasteiger partial charge on any atom is -0.387 e. The van der Waals surface area contributed by atoms with Crippen LogP contribution in [0.25, 0.3) is 0 Å². The molecule has 9 heteroatoms. The molecule has 0 radical (unpaired) electrons. The summed E-state index contributed by atoms with van der Waals surface area (Å²) >= 11 is 0. The van der Waals surface area contributed by atoms with E-state index in [1.54, 1.807) is 6.08 Å². The number of phosphoric ester groups is 1. The lowest BCUT2D eigenvalue weighted by molar-refractivity contribution is -0.870. The van der Waals surface area contributed by atoms with Crippen molar-refractivity contribution in [2.75, 3.05) is 40.9 Å². The number of aliphatic hydroxyl groups excluding tert-OH is 1. The zero-order chi connectivity index (χ0) is 61.9. The molecule has 0 aliphatic carbocycles. The molecule has 0 bridgehead atoms. The number of phosphoric acid groups is 1. The van der Waals surface area contributed by atoms with Crippen LogP contribution in [0.4, 0.5) is 0 Å². The summed E-state index contributed by atoms with van der Waals surface area (Å²) in [5.41, 5.74) is 0. The second-order valence-corrected chi connectivity index (χ2v) is 26.3. The molecule has 0 aromatic carbocycles. The SMILES string of the molecule is CC/C=C\C/C=C\C/C=C\C/C=C\C/C=C\C/C=C\C/C=C\C/C=C\CCCCCCCCCCCCCCC(=O)NC(COP(=O)(O)OCC[N+](C)(C)C)C(O)/C=C/CC/C=C/CCCCCCCCCCCCCCCCCCCCCC. The summed E-state index contributed by atoms with van der Waals surface area (Å²) in [5.74, 6) is -0.190. The van der Waals surface area contributed by atoms with E-state index in [1.807, 2.05) is 27.2 Å². The second-order valence-electron chi connectivity index (χ2n) is 24.9. The maximum absolute atomic E-state index is 13.1. The van der Waals surface area contributed by atoms with Gasteiger partial charge in [0.1, 0.15) is 13.2 Å². The number of nitrogens with one attached hydrogen (secondary N) is 1. The van der Waals surface area contributed by atoms with E-state index in [2.05, 4.69) is 129 Å². The standard InChI is InChI=1S/C76H135N2O6P/c1-6-8-10-12-14-16-18-20-22-24-26-28-30-32-34-35-36-37-38-39-40-41-42-43-44-46-48-50-52-54-56-58-60-62-64-66-68-70-76(80)77-74(73-84-85(81,82)83-72-71-78(3,4)5)75(79)69-67-65-63-61-59-57-55-53-51-49-47-45-33-31-29-27-25-23-21-19-17-15-13-11-9-7-2/h8,10,14,16,20,22,26,28,32,34,36-37,39-40,42-43,59,61,67,69,74-75,79H,6-7,9,11-13,15,17-19,21,23-25,27,29-31,33,35,38,41,44-58,60,62-66,68,70-73H2,1-5H3,(H-,77,80,81,82)/p+1/b10-8-,16-14-,22-20-,28-26-,34-32-,37-36-,40-39-,43-42-,61-59+,69-67+. The van der Waals surface area contributed by atoms with Gasteiger partial charge in [-0.2, -0.15) is 0 Å². The van der Waals surface area contributed by atoms with Gasteiger partial charge in [0.2, 0.25) is 5.91 Å². The van der Waals surface area contributed by atoms with Gasteiger partial charge in [-0.05, 0) is 96.3 Å². The van der Waals surface area contributed by atoms with Gasteiger partial charge in [0, 0.05) is 6.42 Å². The lowest BCUT2D eigenvalue weighted by atomic mass is 10.0. The molecule has 1 amide bonds. The minimum atomic E-state index is -4.37. The van der Waals surface area contributed by atoms with Crippen molar-refractivity contribution >= 4 is 13.7 Å². The maximum Gasteiger partial charge on any atom is 0.472 e. The lowest BCUT2D eigenvalue weighted by Gasteiger charge is -2.25. The van der Waals surface area contributed by atoms with E-state index < -0.39 is 20.0 Å². The van der Waals surface area contributed by atoms with Crippen LogP contribution in [0.5, 0.6) is 0 Å². The molecule has 0 fully saturated rings. The number of carbonyl (C=O) groups is 1. The number of nitrogens with zero attached hydrogens (tertiary/aromatic N) is 1. The number of likely N-dealkylation sites (N-methyl/N-ethyl adjacent to an activating group) is 1. The van der Waals surface area contributed by atoms with E-state index in [0.29, 0.717) is 17.4 Å². The predicted octanol–water partition coefficient (Wildman–Crippen LogP) is 22.8. The Hall–Kier alpha value is -3.10. The van der Waals surface area contributed by atoms with E-state index in [0.717, 1.165) is 89.9 Å². The van der Waals surface area contributed by atoms with Crippen molar-refractivity contribution < 1.29 is 32.9 Å². The fourth-order valence-corrected chi connectivity index (χ4v) is 10.7. The normalized spacial score (nSPS) is 14.4. The molecule has 0 saturated carbocycles. The number of aliphatic hydroxyl groups is 1. The smallest absolute Gasteiger partial charge is 0.387 e. The van der Waals surface area contributed by atoms with Gasteiger partial charge in [0.15, 0.2) is 0 Å². The first-order chi connectivity index (χ1) is 41.5. The van der Waals surface area contributed by atoms with Crippen molar-refractivity contribution in [3.05, 3.63) is 122 Å². The number of carbonyl (C=O) groups excluding carboxylic acids is 1. The van der Waals surface area contributed by atoms with E-state index in [9.17, 15) is 19.4 Å². The fraction of sp³-hybridized carbons (Fsp3) is 0.724. The summed E-state index contributed by atoms with van der Waals surface area (Å²) in [5, 5.41) is 14.0. The van der Waals surface area contributed by atoms with Crippen LogP contribution in [0.1, 0.15) is 303 Å². The predicted molar refractivity (Wildman–Crippen MR) is 373 cm³/mol. The summed E-state index contributed by atoms with van der Waals surface area (Å²) < 4.78 is 23.8. The van der Waals surface area contributed by atoms with Gasteiger partial charge in [0.25, 0.3) is 0 Å². The lowest BCUT2D eigenvalue weighted by Crippen LogP contribution is -2.45. The van der Waals surface area contributed by atoms with Gasteiger partial charge >= 0.3 is 7.82 Å². The molecule has 85 heavy (non-hydrogen) atoms. The fourth-order valence-electron chi connectivity index (χ4n) is 9.96. The number of allylic oxidation sites excluding steroid dienone is 19. The number of rotatable bonds is 64. The topological polar surface area (TPSA) is 105 Å². The Balaban J connectivity index is 4.13. The highest BCUT2D eigenvalue weighted by molar-refractivity contribution is 7.47. The van der Waals surface area contributed by atoms with E-state index in [1.165, 1.54) is 193 Å². The molecule has 0 aliphatic rings. The Morgan fingerprint density at radius 1 is 0.412 bits per heavy atom. The highest BCUT2D eigenvalue weighted by Crippen LogP contribution is 2.43. The van der Waals surface area contributed by atoms with Crippen LogP contribution in [0.15, 0.2) is 122 Å². The molecule has 0 heterocycles. The molecule has 0 aliphatic heterocycles. The third-order valence-corrected chi connectivity index (χ3v) is 16.4. The zero-order valence-electron chi connectivity index (χ0n) is 56.1. The molecule has 3 N–H and O–H groups in total. The summed E-state index contributed by atoms with van der Waals surface area (Å²) in [6.45, 7) is 4.70. The Bertz CT molecular complexity index is 1800. The molecular formula is C76H136N2O6P+. The molecule has 0 spiro atoms. The van der Waals surface area contributed by atoms with E-state index in [4.69, 9.17) is 9.05 Å². The van der Waals surface area contributed by atoms with Gasteiger partial charge in [-0.1, -0.05) is 322 Å². The highest BCUT2D eigenvalue weighted by atomic mass is 31.2. The van der Waals surface area contributed by atoms with Crippen LogP contribution in [0.3, 0.4) is 0 Å². The summed E-state index contributed by atoms with van der Waals surface area (Å²) in [4.78, 5) is 23.4. The van der Waals surface area contributed by atoms with Crippen LogP contribution in [-0.2, 0) is 18.4 Å². The van der Waals surface area contributed by atoms with Crippen molar-refractivity contribution in [2.24, 2.45) is 0 Å². The van der Waals surface area contributed by atoms with Crippen LogP contribution >= 0.6 is 7.82 Å².